The van der Waals surface area contributed by atoms with Crippen LogP contribution in [0.25, 0.3) is 0 Å². The van der Waals surface area contributed by atoms with Gasteiger partial charge in [-0.2, -0.15) is 17.0 Å². The largest absolute Gasteiger partial charge is 0.480 e. The van der Waals surface area contributed by atoms with E-state index in [4.69, 9.17) is 15.5 Å². The average Bonchev–Trinajstić information content (AvgIpc) is 2.58. The lowest BCUT2D eigenvalue weighted by molar-refractivity contribution is -0.139. The van der Waals surface area contributed by atoms with Gasteiger partial charge in [-0.1, -0.05) is 0 Å². The third-order valence-corrected chi connectivity index (χ3v) is 3.74. The third-order valence-electron chi connectivity index (χ3n) is 3.09. The normalized spacial score (nSPS) is 11.9. The number of nitriles is 1. The Balaban J connectivity index is 2.77. The molecule has 8 nitrogen and oxygen atoms in total. The van der Waals surface area contributed by atoms with Crippen LogP contribution in [0.5, 0.6) is 0 Å². The molecule has 1 atom stereocenters. The Kier molecular flexibility index (Phi) is 8.02. The number of hydrogen-bond donors (Lipinski definition) is 4. The zero-order chi connectivity index (χ0) is 18.8. The lowest BCUT2D eigenvalue weighted by Crippen LogP contribution is -2.34. The highest BCUT2D eigenvalue weighted by Crippen LogP contribution is 2.11. The van der Waals surface area contributed by atoms with Crippen molar-refractivity contribution in [2.45, 2.75) is 12.5 Å². The zero-order valence-corrected chi connectivity index (χ0v) is 14.2. The molecule has 132 valence electrons. The first-order valence-corrected chi connectivity index (χ1v) is 8.51. The van der Waals surface area contributed by atoms with Crippen LogP contribution in [0.15, 0.2) is 36.0 Å². The van der Waals surface area contributed by atoms with Gasteiger partial charge in [-0.15, -0.1) is 0 Å². The molecule has 0 saturated carbocycles. The SMILES string of the molecule is CSCCC(N/C=C(/C#N)C(=O)Nc1ccc(C(=O)O)cc1)C(=O)O. The molecule has 1 aromatic carbocycles. The van der Waals surface area contributed by atoms with E-state index in [0.29, 0.717) is 17.9 Å². The van der Waals surface area contributed by atoms with Crippen molar-refractivity contribution in [1.82, 2.24) is 5.32 Å². The van der Waals surface area contributed by atoms with Gasteiger partial charge in [0, 0.05) is 11.9 Å². The van der Waals surface area contributed by atoms with Gasteiger partial charge in [0.25, 0.3) is 5.91 Å². The molecule has 1 aromatic rings. The van der Waals surface area contributed by atoms with Gasteiger partial charge in [0.2, 0.25) is 0 Å². The summed E-state index contributed by atoms with van der Waals surface area (Å²) in [5, 5.41) is 32.0. The number of thioether (sulfide) groups is 1. The Morgan fingerprint density at radius 3 is 2.40 bits per heavy atom. The maximum absolute atomic E-state index is 12.0. The number of aliphatic carboxylic acids is 1. The van der Waals surface area contributed by atoms with Crippen LogP contribution < -0.4 is 10.6 Å². The van der Waals surface area contributed by atoms with Crippen molar-refractivity contribution in [1.29, 1.82) is 5.26 Å². The number of benzene rings is 1. The predicted octanol–water partition coefficient (Wildman–Crippen LogP) is 1.53. The van der Waals surface area contributed by atoms with E-state index < -0.39 is 23.9 Å². The van der Waals surface area contributed by atoms with Crippen molar-refractivity contribution in [3.8, 4) is 6.07 Å². The minimum atomic E-state index is -1.09. The molecular weight excluding hydrogens is 346 g/mol. The van der Waals surface area contributed by atoms with Crippen LogP contribution in [0.2, 0.25) is 0 Å². The first-order valence-electron chi connectivity index (χ1n) is 7.11. The summed E-state index contributed by atoms with van der Waals surface area (Å²) in [6.07, 6.45) is 3.25. The molecule has 0 aromatic heterocycles. The second-order valence-corrected chi connectivity index (χ2v) is 5.83. The molecule has 0 bridgehead atoms. The summed E-state index contributed by atoms with van der Waals surface area (Å²) in [5.74, 6) is -2.29. The topological polar surface area (TPSA) is 140 Å². The minimum absolute atomic E-state index is 0.0637. The molecule has 0 saturated heterocycles. The number of nitrogens with one attached hydrogen (secondary N) is 2. The summed E-state index contributed by atoms with van der Waals surface area (Å²) in [4.78, 5) is 33.9. The fourth-order valence-corrected chi connectivity index (χ4v) is 2.21. The van der Waals surface area contributed by atoms with E-state index in [2.05, 4.69) is 10.6 Å². The lowest BCUT2D eigenvalue weighted by atomic mass is 10.2. The van der Waals surface area contributed by atoms with Crippen LogP contribution in [-0.4, -0.2) is 46.1 Å². The Morgan fingerprint density at radius 2 is 1.92 bits per heavy atom. The van der Waals surface area contributed by atoms with Crippen molar-refractivity contribution < 1.29 is 24.6 Å². The van der Waals surface area contributed by atoms with Crippen LogP contribution in [0.1, 0.15) is 16.8 Å². The average molecular weight is 363 g/mol. The molecule has 0 aliphatic carbocycles. The van der Waals surface area contributed by atoms with Crippen molar-refractivity contribution in [2.24, 2.45) is 0 Å². The fraction of sp³-hybridized carbons (Fsp3) is 0.250. The number of carbonyl (C=O) groups excluding carboxylic acids is 1. The molecule has 1 amide bonds. The lowest BCUT2D eigenvalue weighted by Gasteiger charge is -2.12. The Morgan fingerprint density at radius 1 is 1.28 bits per heavy atom. The van der Waals surface area contributed by atoms with Gasteiger partial charge in [-0.3, -0.25) is 4.79 Å². The number of carboxylic acids is 2. The predicted molar refractivity (Wildman–Crippen MR) is 93.3 cm³/mol. The number of carboxylic acid groups (broad SMARTS) is 2. The second-order valence-electron chi connectivity index (χ2n) is 4.85. The molecule has 0 aliphatic rings. The monoisotopic (exact) mass is 363 g/mol. The molecule has 0 fully saturated rings. The molecule has 0 radical (unpaired) electrons. The van der Waals surface area contributed by atoms with E-state index in [1.807, 2.05) is 6.26 Å². The number of hydrogen-bond acceptors (Lipinski definition) is 6. The molecule has 25 heavy (non-hydrogen) atoms. The van der Waals surface area contributed by atoms with Crippen LogP contribution in [0, 0.1) is 11.3 Å². The van der Waals surface area contributed by atoms with Gasteiger partial charge in [-0.05, 0) is 42.7 Å². The number of rotatable bonds is 9. The number of aromatic carboxylic acids is 1. The minimum Gasteiger partial charge on any atom is -0.480 e. The molecule has 0 spiro atoms. The van der Waals surface area contributed by atoms with Crippen molar-refractivity contribution >= 4 is 35.3 Å². The molecular formula is C16H17N3O5S. The second kappa shape index (κ2) is 10.00. The Hall–Kier alpha value is -2.99. The number of anilines is 1. The first-order chi connectivity index (χ1) is 11.9. The highest BCUT2D eigenvalue weighted by atomic mass is 32.2. The summed E-state index contributed by atoms with van der Waals surface area (Å²) in [5.41, 5.74) is 0.0832. The Bertz CT molecular complexity index is 709. The maximum atomic E-state index is 12.0. The van der Waals surface area contributed by atoms with Crippen LogP contribution in [0.3, 0.4) is 0 Å². The summed E-state index contributed by atoms with van der Waals surface area (Å²) in [6.45, 7) is 0. The van der Waals surface area contributed by atoms with Gasteiger partial charge in [0.1, 0.15) is 17.7 Å². The van der Waals surface area contributed by atoms with E-state index in [1.54, 1.807) is 6.07 Å². The molecule has 0 aliphatic heterocycles. The highest BCUT2D eigenvalue weighted by molar-refractivity contribution is 7.98. The molecule has 0 heterocycles. The fourth-order valence-electron chi connectivity index (χ4n) is 1.74. The van der Waals surface area contributed by atoms with Crippen LogP contribution in [0.4, 0.5) is 5.69 Å². The number of amides is 1. The van der Waals surface area contributed by atoms with E-state index in [9.17, 15) is 14.4 Å². The first kappa shape index (κ1) is 20.1. The zero-order valence-electron chi connectivity index (χ0n) is 13.4. The summed E-state index contributed by atoms with van der Waals surface area (Å²) >= 11 is 1.49. The van der Waals surface area contributed by atoms with Gasteiger partial charge in [0.15, 0.2) is 0 Å². The van der Waals surface area contributed by atoms with Crippen molar-refractivity contribution in [3.63, 3.8) is 0 Å². The maximum Gasteiger partial charge on any atom is 0.335 e. The smallest absolute Gasteiger partial charge is 0.335 e. The van der Waals surface area contributed by atoms with Gasteiger partial charge < -0.3 is 20.8 Å². The van der Waals surface area contributed by atoms with Crippen molar-refractivity contribution in [2.75, 3.05) is 17.3 Å². The molecule has 1 rings (SSSR count). The highest BCUT2D eigenvalue weighted by Gasteiger charge is 2.16. The van der Waals surface area contributed by atoms with Crippen LogP contribution in [-0.2, 0) is 9.59 Å². The summed E-state index contributed by atoms with van der Waals surface area (Å²) in [6, 6.07) is 6.20. The quantitative estimate of drug-likeness (QED) is 0.382. The standard InChI is InChI=1S/C16H17N3O5S/c1-25-7-6-13(16(23)24)18-9-11(8-17)14(20)19-12-4-2-10(3-5-12)15(21)22/h2-5,9,13,18H,6-7H2,1H3,(H,19,20)(H,21,22)(H,23,24)/b11-9-. The van der Waals surface area contributed by atoms with Crippen LogP contribution >= 0.6 is 11.8 Å². The van der Waals surface area contributed by atoms with E-state index >= 15 is 0 Å². The van der Waals surface area contributed by atoms with E-state index in [-0.39, 0.29) is 11.1 Å². The number of carbonyl (C=O) groups is 3. The third kappa shape index (κ3) is 6.56. The van der Waals surface area contributed by atoms with Gasteiger partial charge >= 0.3 is 11.9 Å². The van der Waals surface area contributed by atoms with Gasteiger partial charge in [0.05, 0.1) is 5.56 Å². The molecule has 9 heteroatoms. The summed E-state index contributed by atoms with van der Waals surface area (Å²) in [7, 11) is 0. The molecule has 4 N–H and O–H groups in total. The number of nitrogens with zero attached hydrogens (tertiary/aromatic N) is 1. The van der Waals surface area contributed by atoms with E-state index in [1.165, 1.54) is 36.0 Å². The Labute approximate surface area is 148 Å². The van der Waals surface area contributed by atoms with E-state index in [0.717, 1.165) is 6.20 Å². The van der Waals surface area contributed by atoms with Gasteiger partial charge in [-0.25, -0.2) is 9.59 Å². The summed E-state index contributed by atoms with van der Waals surface area (Å²) < 4.78 is 0. The molecule has 1 unspecified atom stereocenters. The van der Waals surface area contributed by atoms with Crippen molar-refractivity contribution in [3.05, 3.63) is 41.6 Å².